The van der Waals surface area contributed by atoms with Gasteiger partial charge in [-0.05, 0) is 36.3 Å². The maximum atomic E-state index is 12.0. The van der Waals surface area contributed by atoms with Gasteiger partial charge in [0.15, 0.2) is 0 Å². The van der Waals surface area contributed by atoms with E-state index < -0.39 is 0 Å². The molecule has 2 nitrogen and oxygen atoms in total. The third-order valence-corrected chi connectivity index (χ3v) is 4.38. The van der Waals surface area contributed by atoms with Crippen LogP contribution in [0.4, 0.5) is 0 Å². The van der Waals surface area contributed by atoms with Gasteiger partial charge in [0.25, 0.3) is 5.91 Å². The van der Waals surface area contributed by atoms with Crippen LogP contribution in [0.15, 0.2) is 24.3 Å². The number of benzene rings is 1. The summed E-state index contributed by atoms with van der Waals surface area (Å²) in [6, 6.07) is 7.68. The Morgan fingerprint density at radius 3 is 2.05 bits per heavy atom. The van der Waals surface area contributed by atoms with Crippen molar-refractivity contribution < 1.29 is 4.79 Å². The first-order valence-corrected chi connectivity index (χ1v) is 6.98. The van der Waals surface area contributed by atoms with Crippen LogP contribution >= 0.6 is 0 Å². The first-order chi connectivity index (χ1) is 8.63. The summed E-state index contributed by atoms with van der Waals surface area (Å²) in [4.78, 5) is 12.0. The van der Waals surface area contributed by atoms with Crippen molar-refractivity contribution >= 4 is 5.91 Å². The molecule has 0 aliphatic carbocycles. The van der Waals surface area contributed by atoms with E-state index in [2.05, 4.69) is 39.9 Å². The van der Waals surface area contributed by atoms with Gasteiger partial charge in [-0.25, -0.2) is 0 Å². The van der Waals surface area contributed by atoms with E-state index in [4.69, 9.17) is 0 Å². The lowest BCUT2D eigenvalue weighted by Crippen LogP contribution is -2.34. The minimum Gasteiger partial charge on any atom is -0.352 e. The molecular weight excluding hydrogens is 234 g/mol. The molecule has 19 heavy (non-hydrogen) atoms. The summed E-state index contributed by atoms with van der Waals surface area (Å²) >= 11 is 0. The van der Waals surface area contributed by atoms with Crippen LogP contribution in [0.5, 0.6) is 0 Å². The fourth-order valence-corrected chi connectivity index (χ4v) is 1.67. The van der Waals surface area contributed by atoms with Gasteiger partial charge >= 0.3 is 0 Å². The number of hydrogen-bond donors (Lipinski definition) is 1. The smallest absolute Gasteiger partial charge is 0.251 e. The van der Waals surface area contributed by atoms with E-state index in [1.165, 1.54) is 5.56 Å². The summed E-state index contributed by atoms with van der Waals surface area (Å²) in [6.07, 6.45) is 0.980. The lowest BCUT2D eigenvalue weighted by atomic mass is 9.67. The minimum atomic E-state index is 0.0182. The first kappa shape index (κ1) is 15.7. The van der Waals surface area contributed by atoms with Crippen molar-refractivity contribution in [2.45, 2.75) is 48.0 Å². The van der Waals surface area contributed by atoms with Gasteiger partial charge in [-0.2, -0.15) is 0 Å². The first-order valence-electron chi connectivity index (χ1n) is 6.98. The molecule has 0 saturated carbocycles. The van der Waals surface area contributed by atoms with Crippen molar-refractivity contribution in [2.75, 3.05) is 6.54 Å². The molecule has 0 heterocycles. The Kier molecular flexibility index (Phi) is 4.78. The molecule has 0 aliphatic heterocycles. The quantitative estimate of drug-likeness (QED) is 0.865. The largest absolute Gasteiger partial charge is 0.352 e. The van der Waals surface area contributed by atoms with Crippen LogP contribution in [-0.4, -0.2) is 12.5 Å². The SMILES string of the molecule is Cc1ccc(C(=O)NCCC(C)(C)C(C)(C)C)cc1. The van der Waals surface area contributed by atoms with Gasteiger partial charge in [0.2, 0.25) is 0 Å². The molecule has 0 spiro atoms. The van der Waals surface area contributed by atoms with E-state index >= 15 is 0 Å². The fraction of sp³-hybridized carbons (Fsp3) is 0.588. The van der Waals surface area contributed by atoms with E-state index in [0.717, 1.165) is 18.5 Å². The van der Waals surface area contributed by atoms with Crippen LogP contribution in [0.3, 0.4) is 0 Å². The average molecular weight is 261 g/mol. The molecule has 0 aliphatic rings. The number of amides is 1. The zero-order valence-electron chi connectivity index (χ0n) is 13.1. The molecule has 0 fully saturated rings. The number of carbonyl (C=O) groups excluding carboxylic acids is 1. The van der Waals surface area contributed by atoms with E-state index in [0.29, 0.717) is 0 Å². The number of rotatable bonds is 4. The highest BCUT2D eigenvalue weighted by molar-refractivity contribution is 5.94. The summed E-state index contributed by atoms with van der Waals surface area (Å²) in [5, 5.41) is 3.01. The molecule has 1 N–H and O–H groups in total. The topological polar surface area (TPSA) is 29.1 Å². The zero-order valence-corrected chi connectivity index (χ0v) is 13.1. The van der Waals surface area contributed by atoms with Crippen molar-refractivity contribution in [1.29, 1.82) is 0 Å². The van der Waals surface area contributed by atoms with Gasteiger partial charge in [-0.3, -0.25) is 4.79 Å². The van der Waals surface area contributed by atoms with Gasteiger partial charge in [-0.15, -0.1) is 0 Å². The highest BCUT2D eigenvalue weighted by atomic mass is 16.1. The molecule has 1 aromatic rings. The standard InChI is InChI=1S/C17H27NO/c1-13-7-9-14(10-8-13)15(19)18-12-11-17(5,6)16(2,3)4/h7-10H,11-12H2,1-6H3,(H,18,19). The third kappa shape index (κ3) is 4.38. The maximum Gasteiger partial charge on any atom is 0.251 e. The lowest BCUT2D eigenvalue weighted by molar-refractivity contribution is 0.0913. The Labute approximate surface area is 117 Å². The summed E-state index contributed by atoms with van der Waals surface area (Å²) in [5.74, 6) is 0.0182. The van der Waals surface area contributed by atoms with Crippen LogP contribution in [0.2, 0.25) is 0 Å². The van der Waals surface area contributed by atoms with Crippen molar-refractivity contribution in [3.63, 3.8) is 0 Å². The molecule has 1 rings (SSSR count). The Hall–Kier alpha value is -1.31. The molecule has 0 aromatic heterocycles. The number of aryl methyl sites for hydroxylation is 1. The minimum absolute atomic E-state index is 0.0182. The third-order valence-electron chi connectivity index (χ3n) is 4.38. The molecule has 1 aromatic carbocycles. The molecule has 106 valence electrons. The molecule has 0 bridgehead atoms. The summed E-state index contributed by atoms with van der Waals surface area (Å²) in [5.41, 5.74) is 2.35. The molecule has 0 unspecified atom stereocenters. The summed E-state index contributed by atoms with van der Waals surface area (Å²) < 4.78 is 0. The highest BCUT2D eigenvalue weighted by Gasteiger charge is 2.32. The Balaban J connectivity index is 2.50. The zero-order chi connectivity index (χ0) is 14.7. The van der Waals surface area contributed by atoms with Gasteiger partial charge in [0.1, 0.15) is 0 Å². The number of hydrogen-bond acceptors (Lipinski definition) is 1. The van der Waals surface area contributed by atoms with Crippen molar-refractivity contribution in [3.8, 4) is 0 Å². The second-order valence-electron chi connectivity index (χ2n) is 7.01. The molecule has 1 amide bonds. The van der Waals surface area contributed by atoms with Crippen LogP contribution in [0.1, 0.15) is 57.0 Å². The normalized spacial score (nSPS) is 12.3. The Morgan fingerprint density at radius 2 is 1.58 bits per heavy atom. The van der Waals surface area contributed by atoms with Crippen molar-refractivity contribution in [2.24, 2.45) is 10.8 Å². The fourth-order valence-electron chi connectivity index (χ4n) is 1.67. The van der Waals surface area contributed by atoms with Gasteiger partial charge < -0.3 is 5.32 Å². The molecular formula is C17H27NO. The lowest BCUT2D eigenvalue weighted by Gasteiger charge is -2.39. The van der Waals surface area contributed by atoms with Crippen molar-refractivity contribution in [1.82, 2.24) is 5.32 Å². The second kappa shape index (κ2) is 5.77. The predicted octanol–water partition coefficient (Wildman–Crippen LogP) is 4.19. The highest BCUT2D eigenvalue weighted by Crippen LogP contribution is 2.40. The average Bonchev–Trinajstić information content (AvgIpc) is 2.28. The number of carbonyl (C=O) groups is 1. The molecule has 2 heteroatoms. The molecule has 0 saturated heterocycles. The van der Waals surface area contributed by atoms with E-state index in [-0.39, 0.29) is 16.7 Å². The number of nitrogens with one attached hydrogen (secondary N) is 1. The predicted molar refractivity (Wildman–Crippen MR) is 81.4 cm³/mol. The van der Waals surface area contributed by atoms with Crippen LogP contribution in [-0.2, 0) is 0 Å². The summed E-state index contributed by atoms with van der Waals surface area (Å²) in [6.45, 7) is 14.0. The monoisotopic (exact) mass is 261 g/mol. The van der Waals surface area contributed by atoms with Crippen LogP contribution < -0.4 is 5.32 Å². The van der Waals surface area contributed by atoms with E-state index in [1.807, 2.05) is 31.2 Å². The van der Waals surface area contributed by atoms with Gasteiger partial charge in [0.05, 0.1) is 0 Å². The Morgan fingerprint density at radius 1 is 1.05 bits per heavy atom. The Bertz CT molecular complexity index is 424. The van der Waals surface area contributed by atoms with Gasteiger partial charge in [-0.1, -0.05) is 52.3 Å². The van der Waals surface area contributed by atoms with Gasteiger partial charge in [0, 0.05) is 12.1 Å². The second-order valence-corrected chi connectivity index (χ2v) is 7.01. The summed E-state index contributed by atoms with van der Waals surface area (Å²) in [7, 11) is 0. The van der Waals surface area contributed by atoms with Crippen molar-refractivity contribution in [3.05, 3.63) is 35.4 Å². The molecule has 0 atom stereocenters. The van der Waals surface area contributed by atoms with E-state index in [1.54, 1.807) is 0 Å². The van der Waals surface area contributed by atoms with Crippen LogP contribution in [0.25, 0.3) is 0 Å². The molecule has 0 radical (unpaired) electrons. The van der Waals surface area contributed by atoms with E-state index in [9.17, 15) is 4.79 Å². The maximum absolute atomic E-state index is 12.0. The van der Waals surface area contributed by atoms with Crippen LogP contribution in [0, 0.1) is 17.8 Å².